The maximum absolute atomic E-state index is 5.43. The number of nitrogens with zero attached hydrogens (tertiary/aromatic N) is 3. The zero-order chi connectivity index (χ0) is 13.2. The molecule has 6 nitrogen and oxygen atoms in total. The fourth-order valence-corrected chi connectivity index (χ4v) is 2.65. The van der Waals surface area contributed by atoms with Crippen molar-refractivity contribution in [1.29, 1.82) is 0 Å². The van der Waals surface area contributed by atoms with E-state index in [4.69, 9.17) is 5.84 Å². The molecule has 0 fully saturated rings. The molecule has 3 rings (SSSR count). The Morgan fingerprint density at radius 2 is 2.37 bits per heavy atom. The number of nitrogen functional groups attached to an aromatic ring is 1. The Balaban J connectivity index is 1.97. The lowest BCUT2D eigenvalue weighted by Gasteiger charge is -2.14. The van der Waals surface area contributed by atoms with E-state index in [1.165, 1.54) is 4.88 Å². The summed E-state index contributed by atoms with van der Waals surface area (Å²) in [6.45, 7) is 2.09. The Kier molecular flexibility index (Phi) is 3.06. The molecule has 0 aromatic carbocycles. The number of thiophene rings is 1. The first-order chi connectivity index (χ1) is 9.28. The predicted octanol–water partition coefficient (Wildman–Crippen LogP) is 2.25. The van der Waals surface area contributed by atoms with Gasteiger partial charge in [0.25, 0.3) is 0 Å². The number of hydrazine groups is 1. The summed E-state index contributed by atoms with van der Waals surface area (Å²) in [5.74, 6) is 6.73. The third-order valence-corrected chi connectivity index (χ3v) is 3.90. The fraction of sp³-hybridized carbons (Fsp3) is 0.167. The average Bonchev–Trinajstić information content (AvgIpc) is 3.09. The number of nitrogens with one attached hydrogen (secondary N) is 2. The van der Waals surface area contributed by atoms with Crippen molar-refractivity contribution in [2.75, 3.05) is 10.7 Å². The van der Waals surface area contributed by atoms with E-state index < -0.39 is 0 Å². The van der Waals surface area contributed by atoms with Crippen LogP contribution in [0.3, 0.4) is 0 Å². The Morgan fingerprint density at radius 1 is 1.47 bits per heavy atom. The van der Waals surface area contributed by atoms with Gasteiger partial charge in [-0.3, -0.25) is 0 Å². The molecule has 0 bridgehead atoms. The minimum Gasteiger partial charge on any atom is -0.360 e. The molecule has 0 saturated heterocycles. The number of hydrogen-bond acceptors (Lipinski definition) is 6. The second-order valence-electron chi connectivity index (χ2n) is 4.16. The van der Waals surface area contributed by atoms with Crippen LogP contribution in [0.15, 0.2) is 36.1 Å². The summed E-state index contributed by atoms with van der Waals surface area (Å²) in [6, 6.07) is 4.30. The molecular weight excluding hydrogens is 260 g/mol. The quantitative estimate of drug-likeness (QED) is 0.502. The van der Waals surface area contributed by atoms with Crippen molar-refractivity contribution in [2.45, 2.75) is 13.0 Å². The molecule has 0 aliphatic rings. The Hall–Kier alpha value is -2.12. The van der Waals surface area contributed by atoms with Gasteiger partial charge in [0.2, 0.25) is 0 Å². The highest BCUT2D eigenvalue weighted by Gasteiger charge is 2.12. The third-order valence-electron chi connectivity index (χ3n) is 2.85. The zero-order valence-electron chi connectivity index (χ0n) is 10.4. The standard InChI is InChI=1S/C12H14N6S/c1-8(9-3-2-6-19-9)15-11-12-14-4-5-18(12)7-10(16-11)17-13/h2-8,17H,13H2,1H3,(H,15,16). The molecule has 3 aromatic heterocycles. The van der Waals surface area contributed by atoms with Crippen molar-refractivity contribution in [1.82, 2.24) is 14.4 Å². The predicted molar refractivity (Wildman–Crippen MR) is 77.2 cm³/mol. The number of nitrogens with two attached hydrogens (primary N) is 1. The summed E-state index contributed by atoms with van der Waals surface area (Å²) in [6.07, 6.45) is 5.39. The van der Waals surface area contributed by atoms with Gasteiger partial charge in [0, 0.05) is 17.3 Å². The molecule has 0 amide bonds. The van der Waals surface area contributed by atoms with Crippen LogP contribution in [-0.2, 0) is 0 Å². The molecule has 0 aliphatic carbocycles. The largest absolute Gasteiger partial charge is 0.360 e. The molecule has 1 atom stereocenters. The third kappa shape index (κ3) is 2.25. The molecule has 3 heterocycles. The topological polar surface area (TPSA) is 80.3 Å². The van der Waals surface area contributed by atoms with Crippen molar-refractivity contribution < 1.29 is 0 Å². The van der Waals surface area contributed by atoms with E-state index in [9.17, 15) is 0 Å². The maximum atomic E-state index is 5.43. The highest BCUT2D eigenvalue weighted by atomic mass is 32.1. The number of anilines is 2. The molecule has 0 saturated carbocycles. The minimum atomic E-state index is 0.168. The van der Waals surface area contributed by atoms with Gasteiger partial charge in [-0.1, -0.05) is 6.07 Å². The SMILES string of the molecule is CC(Nc1nc(NN)cn2ccnc12)c1cccs1. The summed E-state index contributed by atoms with van der Waals surface area (Å²) < 4.78 is 1.88. The first-order valence-corrected chi connectivity index (χ1v) is 6.76. The van der Waals surface area contributed by atoms with Gasteiger partial charge in [-0.2, -0.15) is 0 Å². The van der Waals surface area contributed by atoms with Gasteiger partial charge in [0.15, 0.2) is 17.3 Å². The maximum Gasteiger partial charge on any atom is 0.180 e. The van der Waals surface area contributed by atoms with E-state index >= 15 is 0 Å². The van der Waals surface area contributed by atoms with Crippen molar-refractivity contribution in [3.63, 3.8) is 0 Å². The lowest BCUT2D eigenvalue weighted by Crippen LogP contribution is -2.13. The van der Waals surface area contributed by atoms with Gasteiger partial charge in [-0.15, -0.1) is 11.3 Å². The smallest absolute Gasteiger partial charge is 0.180 e. The fourth-order valence-electron chi connectivity index (χ4n) is 1.91. The van der Waals surface area contributed by atoms with E-state index in [1.807, 2.05) is 16.7 Å². The van der Waals surface area contributed by atoms with Crippen LogP contribution in [0, 0.1) is 0 Å². The van der Waals surface area contributed by atoms with Crippen LogP contribution in [0.25, 0.3) is 5.65 Å². The molecule has 0 radical (unpaired) electrons. The van der Waals surface area contributed by atoms with Crippen LogP contribution in [0.1, 0.15) is 17.8 Å². The minimum absolute atomic E-state index is 0.168. The van der Waals surface area contributed by atoms with E-state index in [2.05, 4.69) is 39.1 Å². The van der Waals surface area contributed by atoms with E-state index in [0.717, 1.165) is 5.65 Å². The second-order valence-corrected chi connectivity index (χ2v) is 5.14. The summed E-state index contributed by atoms with van der Waals surface area (Å²) >= 11 is 1.71. The van der Waals surface area contributed by atoms with Gasteiger partial charge < -0.3 is 15.1 Å². The average molecular weight is 274 g/mol. The molecule has 7 heteroatoms. The number of hydrogen-bond donors (Lipinski definition) is 3. The molecule has 3 aromatic rings. The molecule has 1 unspecified atom stereocenters. The van der Waals surface area contributed by atoms with Crippen LogP contribution in [0.2, 0.25) is 0 Å². The van der Waals surface area contributed by atoms with E-state index in [0.29, 0.717) is 11.6 Å². The Labute approximate surface area is 114 Å². The van der Waals surface area contributed by atoms with Crippen molar-refractivity contribution in [2.24, 2.45) is 5.84 Å². The monoisotopic (exact) mass is 274 g/mol. The Bertz CT molecular complexity index is 675. The van der Waals surface area contributed by atoms with Crippen LogP contribution < -0.4 is 16.6 Å². The van der Waals surface area contributed by atoms with Crippen molar-refractivity contribution in [3.05, 3.63) is 41.0 Å². The number of imidazole rings is 1. The molecule has 0 aliphatic heterocycles. The summed E-state index contributed by atoms with van der Waals surface area (Å²) in [5.41, 5.74) is 3.34. The van der Waals surface area contributed by atoms with Crippen molar-refractivity contribution >= 4 is 28.6 Å². The summed E-state index contributed by atoms with van der Waals surface area (Å²) in [5, 5.41) is 5.43. The molecule has 0 spiro atoms. The van der Waals surface area contributed by atoms with Gasteiger partial charge in [-0.25, -0.2) is 15.8 Å². The number of fused-ring (bicyclic) bond motifs is 1. The normalized spacial score (nSPS) is 12.5. The zero-order valence-corrected chi connectivity index (χ0v) is 11.2. The van der Waals surface area contributed by atoms with Gasteiger partial charge in [-0.05, 0) is 18.4 Å². The van der Waals surface area contributed by atoms with Gasteiger partial charge >= 0.3 is 0 Å². The van der Waals surface area contributed by atoms with Gasteiger partial charge in [0.1, 0.15) is 0 Å². The van der Waals surface area contributed by atoms with Crippen LogP contribution >= 0.6 is 11.3 Å². The van der Waals surface area contributed by atoms with E-state index in [1.54, 1.807) is 23.7 Å². The molecular formula is C12H14N6S. The number of aromatic nitrogens is 3. The lowest BCUT2D eigenvalue weighted by atomic mass is 10.3. The second kappa shape index (κ2) is 4.87. The van der Waals surface area contributed by atoms with Gasteiger partial charge in [0.05, 0.1) is 12.2 Å². The summed E-state index contributed by atoms with van der Waals surface area (Å²) in [7, 11) is 0. The highest BCUT2D eigenvalue weighted by Crippen LogP contribution is 2.24. The summed E-state index contributed by atoms with van der Waals surface area (Å²) in [4.78, 5) is 9.96. The van der Waals surface area contributed by atoms with Crippen LogP contribution in [-0.4, -0.2) is 14.4 Å². The van der Waals surface area contributed by atoms with Crippen LogP contribution in [0.4, 0.5) is 11.6 Å². The first-order valence-electron chi connectivity index (χ1n) is 5.88. The lowest BCUT2D eigenvalue weighted by molar-refractivity contribution is 0.893. The Morgan fingerprint density at radius 3 is 3.11 bits per heavy atom. The van der Waals surface area contributed by atoms with E-state index in [-0.39, 0.29) is 6.04 Å². The highest BCUT2D eigenvalue weighted by molar-refractivity contribution is 7.10. The van der Waals surface area contributed by atoms with Crippen LogP contribution in [0.5, 0.6) is 0 Å². The molecule has 19 heavy (non-hydrogen) atoms. The van der Waals surface area contributed by atoms with Crippen molar-refractivity contribution in [3.8, 4) is 0 Å². The first kappa shape index (κ1) is 11.9. The molecule has 98 valence electrons. The molecule has 4 N–H and O–H groups in total. The number of rotatable bonds is 4.